The van der Waals surface area contributed by atoms with Gasteiger partial charge in [0.2, 0.25) is 11.8 Å². The quantitative estimate of drug-likeness (QED) is 0.850. The lowest BCUT2D eigenvalue weighted by atomic mass is 10.1. The molecule has 1 aromatic carbocycles. The summed E-state index contributed by atoms with van der Waals surface area (Å²) in [6.45, 7) is 3.75. The van der Waals surface area contributed by atoms with Crippen molar-refractivity contribution in [2.75, 3.05) is 25.0 Å². The number of nitrogens with one attached hydrogen (secondary N) is 1. The van der Waals surface area contributed by atoms with Gasteiger partial charge in [0.25, 0.3) is 0 Å². The third-order valence-electron chi connectivity index (χ3n) is 3.82. The maximum absolute atomic E-state index is 13.5. The van der Waals surface area contributed by atoms with E-state index in [9.17, 15) is 23.2 Å². The molecule has 1 fully saturated rings. The molecule has 1 heterocycles. The van der Waals surface area contributed by atoms with Gasteiger partial charge in [-0.15, -0.1) is 0 Å². The monoisotopic (exact) mass is 340 g/mol. The van der Waals surface area contributed by atoms with Crippen LogP contribution in [0.15, 0.2) is 12.1 Å². The van der Waals surface area contributed by atoms with Crippen molar-refractivity contribution in [1.29, 1.82) is 0 Å². The van der Waals surface area contributed by atoms with Gasteiger partial charge in [0.1, 0.15) is 0 Å². The molecule has 24 heavy (non-hydrogen) atoms. The minimum absolute atomic E-state index is 0.0570. The number of anilines is 1. The summed E-state index contributed by atoms with van der Waals surface area (Å²) in [5.74, 6) is -4.32. The number of amides is 2. The molecule has 0 bridgehead atoms. The number of ether oxygens (including phenoxy) is 1. The molecule has 0 spiro atoms. The van der Waals surface area contributed by atoms with E-state index in [1.807, 2.05) is 0 Å². The van der Waals surface area contributed by atoms with E-state index < -0.39 is 29.4 Å². The van der Waals surface area contributed by atoms with E-state index in [1.165, 1.54) is 11.8 Å². The van der Waals surface area contributed by atoms with Crippen LogP contribution in [-0.2, 0) is 14.3 Å². The van der Waals surface area contributed by atoms with Crippen molar-refractivity contribution in [3.63, 3.8) is 0 Å². The number of carbonyl (C=O) groups excluding carboxylic acids is 3. The highest BCUT2D eigenvalue weighted by molar-refractivity contribution is 6.02. The predicted molar refractivity (Wildman–Crippen MR) is 81.3 cm³/mol. The molecule has 1 N–H and O–H groups in total. The Morgan fingerprint density at radius 1 is 1.29 bits per heavy atom. The highest BCUT2D eigenvalue weighted by Gasteiger charge is 2.30. The van der Waals surface area contributed by atoms with Crippen LogP contribution in [0.25, 0.3) is 0 Å². The van der Waals surface area contributed by atoms with Gasteiger partial charge in [-0.2, -0.15) is 0 Å². The first-order valence-corrected chi connectivity index (χ1v) is 7.56. The summed E-state index contributed by atoms with van der Waals surface area (Å²) < 4.78 is 31.7. The number of hydrogen-bond acceptors (Lipinski definition) is 4. The second-order valence-electron chi connectivity index (χ2n) is 5.47. The summed E-state index contributed by atoms with van der Waals surface area (Å²) in [4.78, 5) is 37.0. The molecule has 0 aliphatic carbocycles. The topological polar surface area (TPSA) is 75.7 Å². The number of esters is 1. The largest absolute Gasteiger partial charge is 0.462 e. The predicted octanol–water partition coefficient (Wildman–Crippen LogP) is 1.95. The molecule has 2 rings (SSSR count). The number of rotatable bonds is 4. The van der Waals surface area contributed by atoms with Crippen molar-refractivity contribution in [2.45, 2.75) is 20.3 Å². The lowest BCUT2D eigenvalue weighted by molar-refractivity contribution is -0.128. The summed E-state index contributed by atoms with van der Waals surface area (Å²) in [6.07, 6.45) is 0.462. The fraction of sp³-hybridized carbons (Fsp3) is 0.438. The molecule has 1 aromatic rings. The molecule has 8 heteroatoms. The summed E-state index contributed by atoms with van der Waals surface area (Å²) in [5.41, 5.74) is -0.413. The van der Waals surface area contributed by atoms with Gasteiger partial charge in [-0.25, -0.2) is 13.6 Å². The number of halogens is 2. The Morgan fingerprint density at radius 2 is 1.96 bits per heavy atom. The molecule has 0 aromatic heterocycles. The zero-order chi connectivity index (χ0) is 17.9. The summed E-state index contributed by atoms with van der Waals surface area (Å²) >= 11 is 0. The molecule has 1 atom stereocenters. The molecular weight excluding hydrogens is 322 g/mol. The molecule has 0 radical (unpaired) electrons. The Kier molecular flexibility index (Phi) is 5.48. The van der Waals surface area contributed by atoms with Gasteiger partial charge in [0.05, 0.1) is 23.8 Å². The fourth-order valence-electron chi connectivity index (χ4n) is 2.52. The molecule has 1 saturated heterocycles. The fourth-order valence-corrected chi connectivity index (χ4v) is 2.52. The maximum atomic E-state index is 13.5. The Bertz CT molecular complexity index is 678. The van der Waals surface area contributed by atoms with Gasteiger partial charge in [0.15, 0.2) is 11.6 Å². The standard InChI is InChI=1S/C16H18F2N2O4/c1-3-24-16(23)11-6-12(17)13(18)7-14(11)19-15(22)10-4-5-20(8-10)9(2)21/h6-7,10H,3-5,8H2,1-2H3,(H,19,22). The molecule has 2 amide bonds. The van der Waals surface area contributed by atoms with Gasteiger partial charge in [-0.3, -0.25) is 9.59 Å². The first-order valence-electron chi connectivity index (χ1n) is 7.56. The number of carbonyl (C=O) groups is 3. The molecule has 1 unspecified atom stereocenters. The number of likely N-dealkylation sites (tertiary alicyclic amines) is 1. The van der Waals surface area contributed by atoms with E-state index in [0.29, 0.717) is 19.0 Å². The lowest BCUT2D eigenvalue weighted by Gasteiger charge is -2.15. The summed E-state index contributed by atoms with van der Waals surface area (Å²) in [6, 6.07) is 1.44. The normalized spacial score (nSPS) is 16.8. The minimum atomic E-state index is -1.21. The smallest absolute Gasteiger partial charge is 0.340 e. The highest BCUT2D eigenvalue weighted by atomic mass is 19.2. The van der Waals surface area contributed by atoms with Crippen molar-refractivity contribution in [1.82, 2.24) is 4.90 Å². The molecule has 130 valence electrons. The van der Waals surface area contributed by atoms with Crippen LogP contribution in [0.4, 0.5) is 14.5 Å². The van der Waals surface area contributed by atoms with Gasteiger partial charge >= 0.3 is 5.97 Å². The second kappa shape index (κ2) is 7.37. The van der Waals surface area contributed by atoms with E-state index >= 15 is 0 Å². The van der Waals surface area contributed by atoms with Crippen LogP contribution in [0, 0.1) is 17.6 Å². The Morgan fingerprint density at radius 3 is 2.54 bits per heavy atom. The Labute approximate surface area is 137 Å². The van der Waals surface area contributed by atoms with Crippen LogP contribution in [0.2, 0.25) is 0 Å². The van der Waals surface area contributed by atoms with Crippen molar-refractivity contribution in [2.24, 2.45) is 5.92 Å². The first kappa shape index (κ1) is 17.8. The van der Waals surface area contributed by atoms with Crippen LogP contribution in [0.1, 0.15) is 30.6 Å². The minimum Gasteiger partial charge on any atom is -0.462 e. The average molecular weight is 340 g/mol. The molecule has 1 aliphatic rings. The summed E-state index contributed by atoms with van der Waals surface area (Å²) in [7, 11) is 0. The van der Waals surface area contributed by atoms with Gasteiger partial charge in [0, 0.05) is 26.1 Å². The number of benzene rings is 1. The van der Waals surface area contributed by atoms with Crippen LogP contribution >= 0.6 is 0 Å². The molecular formula is C16H18F2N2O4. The van der Waals surface area contributed by atoms with E-state index in [2.05, 4.69) is 5.32 Å². The third-order valence-corrected chi connectivity index (χ3v) is 3.82. The van der Waals surface area contributed by atoms with E-state index in [0.717, 1.165) is 6.07 Å². The van der Waals surface area contributed by atoms with Crippen molar-refractivity contribution < 1.29 is 27.9 Å². The Balaban J connectivity index is 2.19. The third kappa shape index (κ3) is 3.87. The van der Waals surface area contributed by atoms with Gasteiger partial charge < -0.3 is 15.0 Å². The van der Waals surface area contributed by atoms with E-state index in [1.54, 1.807) is 6.92 Å². The van der Waals surface area contributed by atoms with Gasteiger partial charge in [-0.1, -0.05) is 0 Å². The number of nitrogens with zero attached hydrogens (tertiary/aromatic N) is 1. The van der Waals surface area contributed by atoms with Crippen molar-refractivity contribution in [3.05, 3.63) is 29.3 Å². The van der Waals surface area contributed by atoms with Crippen LogP contribution in [0.3, 0.4) is 0 Å². The van der Waals surface area contributed by atoms with Crippen LogP contribution in [0.5, 0.6) is 0 Å². The maximum Gasteiger partial charge on any atom is 0.340 e. The second-order valence-corrected chi connectivity index (χ2v) is 5.47. The van der Waals surface area contributed by atoms with Crippen LogP contribution < -0.4 is 5.32 Å². The molecule has 6 nitrogen and oxygen atoms in total. The van der Waals surface area contributed by atoms with Crippen molar-refractivity contribution >= 4 is 23.5 Å². The lowest BCUT2D eigenvalue weighted by Crippen LogP contribution is -2.30. The number of hydrogen-bond donors (Lipinski definition) is 1. The van der Waals surface area contributed by atoms with E-state index in [-0.39, 0.29) is 30.3 Å². The zero-order valence-electron chi connectivity index (χ0n) is 13.4. The van der Waals surface area contributed by atoms with Gasteiger partial charge in [-0.05, 0) is 19.4 Å². The van der Waals surface area contributed by atoms with E-state index in [4.69, 9.17) is 4.74 Å². The van der Waals surface area contributed by atoms with Crippen molar-refractivity contribution in [3.8, 4) is 0 Å². The Hall–Kier alpha value is -2.51. The average Bonchev–Trinajstić information content (AvgIpc) is 3.01. The summed E-state index contributed by atoms with van der Waals surface area (Å²) in [5, 5.41) is 2.43. The van der Waals surface area contributed by atoms with Crippen LogP contribution in [-0.4, -0.2) is 42.4 Å². The first-order chi connectivity index (χ1) is 11.3. The molecule has 0 saturated carbocycles. The zero-order valence-corrected chi connectivity index (χ0v) is 13.4. The molecule has 1 aliphatic heterocycles. The highest BCUT2D eigenvalue weighted by Crippen LogP contribution is 2.24. The SMILES string of the molecule is CCOC(=O)c1cc(F)c(F)cc1NC(=O)C1CCN(C(C)=O)C1.